The molecule has 3 rings (SSSR count). The van der Waals surface area contributed by atoms with Crippen LogP contribution in [0, 0.1) is 13.7 Å². The van der Waals surface area contributed by atoms with Crippen molar-refractivity contribution in [3.05, 3.63) is 61.2 Å². The fourth-order valence-corrected chi connectivity index (χ4v) is 3.19. The van der Waals surface area contributed by atoms with Gasteiger partial charge in [0, 0.05) is 22.1 Å². The number of nitrogens with zero attached hydrogens (tertiary/aromatic N) is 1. The van der Waals surface area contributed by atoms with Crippen molar-refractivity contribution in [1.82, 2.24) is 5.32 Å². The Hall–Kier alpha value is -2.36. The van der Waals surface area contributed by atoms with Crippen molar-refractivity contribution in [1.29, 1.82) is 0 Å². The fourth-order valence-electron chi connectivity index (χ4n) is 2.61. The van der Waals surface area contributed by atoms with E-state index < -0.39 is 4.92 Å². The average molecular weight is 468 g/mol. The van der Waals surface area contributed by atoms with E-state index >= 15 is 0 Å². The molecule has 0 aromatic heterocycles. The molecule has 0 fully saturated rings. The highest BCUT2D eigenvalue weighted by Crippen LogP contribution is 2.32. The van der Waals surface area contributed by atoms with Crippen LogP contribution in [0.4, 0.5) is 5.69 Å². The highest BCUT2D eigenvalue weighted by atomic mass is 127. The number of non-ortho nitro benzene ring substituents is 1. The highest BCUT2D eigenvalue weighted by molar-refractivity contribution is 14.1. The minimum atomic E-state index is -0.514. The molecule has 1 amide bonds. The summed E-state index contributed by atoms with van der Waals surface area (Å²) in [6, 6.07) is 9.49. The summed E-state index contributed by atoms with van der Waals surface area (Å²) in [4.78, 5) is 23.0. The summed E-state index contributed by atoms with van der Waals surface area (Å²) in [6.45, 7) is 3.05. The van der Waals surface area contributed by atoms with E-state index in [0.29, 0.717) is 28.3 Å². The summed E-state index contributed by atoms with van der Waals surface area (Å²) >= 11 is 1.99. The maximum absolute atomic E-state index is 12.6. The van der Waals surface area contributed by atoms with E-state index in [0.717, 1.165) is 12.0 Å². The molecule has 1 heterocycles. The first-order chi connectivity index (χ1) is 12.5. The Morgan fingerprint density at radius 2 is 1.92 bits per heavy atom. The van der Waals surface area contributed by atoms with Crippen molar-refractivity contribution < 1.29 is 19.2 Å². The van der Waals surface area contributed by atoms with Crippen molar-refractivity contribution in [2.75, 3.05) is 13.2 Å². The van der Waals surface area contributed by atoms with Gasteiger partial charge in [-0.3, -0.25) is 14.9 Å². The number of halogens is 1. The van der Waals surface area contributed by atoms with E-state index in [2.05, 4.69) is 5.32 Å². The first kappa shape index (κ1) is 18.4. The van der Waals surface area contributed by atoms with Crippen molar-refractivity contribution in [3.63, 3.8) is 0 Å². The van der Waals surface area contributed by atoms with Crippen LogP contribution in [-0.4, -0.2) is 24.0 Å². The molecular weight excluding hydrogens is 451 g/mol. The van der Waals surface area contributed by atoms with Gasteiger partial charge < -0.3 is 14.8 Å². The third-order valence-electron chi connectivity index (χ3n) is 4.02. The second-order valence-corrected chi connectivity index (χ2v) is 7.04. The summed E-state index contributed by atoms with van der Waals surface area (Å²) in [6.07, 6.45) is 0.821. The van der Waals surface area contributed by atoms with Gasteiger partial charge in [-0.1, -0.05) is 6.07 Å². The molecular formula is C18H17IN2O5. The molecule has 1 N–H and O–H groups in total. The molecule has 0 spiro atoms. The maximum atomic E-state index is 12.6. The van der Waals surface area contributed by atoms with Crippen molar-refractivity contribution in [3.8, 4) is 11.5 Å². The second kappa shape index (κ2) is 7.90. The lowest BCUT2D eigenvalue weighted by Crippen LogP contribution is -2.27. The number of carbonyl (C=O) groups excluding carboxylic acids is 1. The highest BCUT2D eigenvalue weighted by Gasteiger charge is 2.19. The van der Waals surface area contributed by atoms with Gasteiger partial charge in [0.05, 0.1) is 29.7 Å². The standard InChI is InChI=1S/C18H17IN2O5/c1-11(12-3-6-16-17(9-12)26-8-2-7-25-16)20-18(22)14-10-13(21(23)24)4-5-15(14)19/h3-6,9-11H,2,7-8H2,1H3,(H,20,22). The molecule has 0 radical (unpaired) electrons. The number of benzene rings is 2. The van der Waals surface area contributed by atoms with Gasteiger partial charge in [0.1, 0.15) is 0 Å². The number of rotatable bonds is 4. The van der Waals surface area contributed by atoms with Crippen LogP contribution in [-0.2, 0) is 0 Å². The lowest BCUT2D eigenvalue weighted by atomic mass is 10.1. The van der Waals surface area contributed by atoms with E-state index in [-0.39, 0.29) is 23.2 Å². The molecule has 0 saturated heterocycles. The van der Waals surface area contributed by atoms with E-state index in [1.54, 1.807) is 6.07 Å². The normalized spacial score (nSPS) is 14.2. The van der Waals surface area contributed by atoms with Gasteiger partial charge in [0.25, 0.3) is 11.6 Å². The van der Waals surface area contributed by atoms with Crippen LogP contribution in [0.1, 0.15) is 35.3 Å². The monoisotopic (exact) mass is 468 g/mol. The fraction of sp³-hybridized carbons (Fsp3) is 0.278. The number of nitrogens with one attached hydrogen (secondary N) is 1. The summed E-state index contributed by atoms with van der Waals surface area (Å²) in [5, 5.41) is 13.8. The zero-order chi connectivity index (χ0) is 18.7. The van der Waals surface area contributed by atoms with Crippen LogP contribution >= 0.6 is 22.6 Å². The number of carbonyl (C=O) groups is 1. The topological polar surface area (TPSA) is 90.7 Å². The van der Waals surface area contributed by atoms with Gasteiger partial charge in [-0.2, -0.15) is 0 Å². The Labute approximate surface area is 164 Å². The molecule has 136 valence electrons. The lowest BCUT2D eigenvalue weighted by molar-refractivity contribution is -0.384. The molecule has 1 aliphatic heterocycles. The second-order valence-electron chi connectivity index (χ2n) is 5.87. The van der Waals surface area contributed by atoms with E-state index in [4.69, 9.17) is 9.47 Å². The zero-order valence-electron chi connectivity index (χ0n) is 14.0. The van der Waals surface area contributed by atoms with Crippen LogP contribution in [0.2, 0.25) is 0 Å². The first-order valence-corrected chi connectivity index (χ1v) is 9.18. The van der Waals surface area contributed by atoms with Gasteiger partial charge >= 0.3 is 0 Å². The van der Waals surface area contributed by atoms with Gasteiger partial charge in [-0.25, -0.2) is 0 Å². The molecule has 0 aliphatic carbocycles. The van der Waals surface area contributed by atoms with Crippen LogP contribution in [0.5, 0.6) is 11.5 Å². The van der Waals surface area contributed by atoms with Crippen molar-refractivity contribution in [2.45, 2.75) is 19.4 Å². The molecule has 1 unspecified atom stereocenters. The number of nitro groups is 1. The number of amides is 1. The summed E-state index contributed by atoms with van der Waals surface area (Å²) in [5.41, 5.74) is 1.03. The minimum Gasteiger partial charge on any atom is -0.490 e. The van der Waals surface area contributed by atoms with Gasteiger partial charge in [0.2, 0.25) is 0 Å². The van der Waals surface area contributed by atoms with Gasteiger partial charge in [-0.05, 0) is 53.3 Å². The van der Waals surface area contributed by atoms with Crippen LogP contribution in [0.3, 0.4) is 0 Å². The number of hydrogen-bond acceptors (Lipinski definition) is 5. The number of nitro benzene ring substituents is 1. The Bertz CT molecular complexity index is 855. The molecule has 1 aliphatic rings. The molecule has 7 nitrogen and oxygen atoms in total. The minimum absolute atomic E-state index is 0.112. The lowest BCUT2D eigenvalue weighted by Gasteiger charge is -2.17. The SMILES string of the molecule is CC(NC(=O)c1cc([N+](=O)[O-])ccc1I)c1ccc2c(c1)OCCCO2. The van der Waals surface area contributed by atoms with Crippen molar-refractivity contribution >= 4 is 34.2 Å². The Morgan fingerprint density at radius 1 is 1.19 bits per heavy atom. The number of fused-ring (bicyclic) bond motifs is 1. The average Bonchev–Trinajstić information content (AvgIpc) is 2.86. The largest absolute Gasteiger partial charge is 0.490 e. The summed E-state index contributed by atoms with van der Waals surface area (Å²) in [5.74, 6) is 0.988. The van der Waals surface area contributed by atoms with Crippen LogP contribution in [0.15, 0.2) is 36.4 Å². The molecule has 1 atom stereocenters. The number of hydrogen-bond donors (Lipinski definition) is 1. The first-order valence-electron chi connectivity index (χ1n) is 8.10. The van der Waals surface area contributed by atoms with E-state index in [1.165, 1.54) is 12.1 Å². The van der Waals surface area contributed by atoms with Crippen molar-refractivity contribution in [2.24, 2.45) is 0 Å². The van der Waals surface area contributed by atoms with Crippen LogP contribution < -0.4 is 14.8 Å². The molecule has 2 aromatic rings. The smallest absolute Gasteiger partial charge is 0.270 e. The molecule has 26 heavy (non-hydrogen) atoms. The Kier molecular flexibility index (Phi) is 5.60. The third kappa shape index (κ3) is 4.06. The van der Waals surface area contributed by atoms with Gasteiger partial charge in [-0.15, -0.1) is 0 Å². The van der Waals surface area contributed by atoms with Crippen LogP contribution in [0.25, 0.3) is 0 Å². The predicted molar refractivity (Wildman–Crippen MR) is 104 cm³/mol. The predicted octanol–water partition coefficient (Wildman–Crippen LogP) is 3.85. The number of ether oxygens (including phenoxy) is 2. The molecule has 0 bridgehead atoms. The molecule has 0 saturated carbocycles. The quantitative estimate of drug-likeness (QED) is 0.418. The Morgan fingerprint density at radius 3 is 2.65 bits per heavy atom. The zero-order valence-corrected chi connectivity index (χ0v) is 16.2. The Balaban J connectivity index is 1.78. The summed E-state index contributed by atoms with van der Waals surface area (Å²) < 4.78 is 11.9. The molecule has 2 aromatic carbocycles. The van der Waals surface area contributed by atoms with E-state index in [1.807, 2.05) is 47.7 Å². The molecule has 8 heteroatoms. The van der Waals surface area contributed by atoms with Gasteiger partial charge in [0.15, 0.2) is 11.5 Å². The third-order valence-corrected chi connectivity index (χ3v) is 4.97. The maximum Gasteiger partial charge on any atom is 0.270 e. The van der Waals surface area contributed by atoms with E-state index in [9.17, 15) is 14.9 Å². The summed E-state index contributed by atoms with van der Waals surface area (Å²) in [7, 11) is 0.